The monoisotopic (exact) mass is 800 g/mol. The van der Waals surface area contributed by atoms with Crippen molar-refractivity contribution in [3.05, 3.63) is 112 Å². The number of pyridine rings is 2. The molecule has 0 saturated carbocycles. The Bertz CT molecular complexity index is 2480. The Morgan fingerprint density at radius 1 is 0.723 bits per heavy atom. The average molecular weight is 801 g/mol. The molecule has 0 fully saturated rings. The van der Waals surface area contributed by atoms with Gasteiger partial charge in [0.1, 0.15) is 0 Å². The Kier molecular flexibility index (Phi) is 6.47. The Morgan fingerprint density at radius 3 is 2.23 bits per heavy atom. The first-order valence-electron chi connectivity index (χ1n) is 16.1. The van der Waals surface area contributed by atoms with E-state index in [-0.39, 0.29) is 16.2 Å². The number of aromatic nitrogens is 5. The Labute approximate surface area is 286 Å². The summed E-state index contributed by atoms with van der Waals surface area (Å²) in [6, 6.07) is 25.8. The van der Waals surface area contributed by atoms with Gasteiger partial charge in [-0.2, -0.15) is 0 Å². The molecule has 3 aromatic carbocycles. The van der Waals surface area contributed by atoms with Gasteiger partial charge in [0, 0.05) is 6.20 Å². The molecule has 0 amide bonds. The van der Waals surface area contributed by atoms with Crippen LogP contribution in [0.1, 0.15) is 58.2 Å². The summed E-state index contributed by atoms with van der Waals surface area (Å²) in [7, 11) is 2.09. The second-order valence-electron chi connectivity index (χ2n) is 14.6. The van der Waals surface area contributed by atoms with E-state index in [0.717, 1.165) is 37.6 Å². The minimum absolute atomic E-state index is 0.00637. The summed E-state index contributed by atoms with van der Waals surface area (Å²) >= 11 is 2.37. The van der Waals surface area contributed by atoms with Crippen LogP contribution >= 0.6 is 0 Å². The van der Waals surface area contributed by atoms with Crippen molar-refractivity contribution >= 4 is 32.8 Å². The van der Waals surface area contributed by atoms with Crippen LogP contribution in [0.25, 0.3) is 44.3 Å². The summed E-state index contributed by atoms with van der Waals surface area (Å²) in [6.07, 6.45) is 5.58. The third kappa shape index (κ3) is 4.10. The molecule has 0 radical (unpaired) electrons. The van der Waals surface area contributed by atoms with Crippen LogP contribution in [-0.4, -0.2) is 23.7 Å². The number of hydrogen-bond donors (Lipinski definition) is 0. The molecule has 6 nitrogen and oxygen atoms in total. The quantitative estimate of drug-likeness (QED) is 0.178. The predicted molar refractivity (Wildman–Crippen MR) is 187 cm³/mol. The van der Waals surface area contributed by atoms with Gasteiger partial charge in [-0.3, -0.25) is 0 Å². The summed E-state index contributed by atoms with van der Waals surface area (Å²) in [5, 5.41) is 2.42. The van der Waals surface area contributed by atoms with Crippen LogP contribution in [0.5, 0.6) is 11.5 Å². The van der Waals surface area contributed by atoms with E-state index >= 15 is 0 Å². The molecule has 7 aromatic rings. The first-order valence-corrected chi connectivity index (χ1v) is 17.3. The first-order chi connectivity index (χ1) is 22.3. The number of aryl methyl sites for hydroxylation is 2. The molecule has 0 bridgehead atoms. The van der Waals surface area contributed by atoms with Gasteiger partial charge in [0.05, 0.1) is 0 Å². The van der Waals surface area contributed by atoms with Gasteiger partial charge in [-0.15, -0.1) is 0 Å². The zero-order valence-electron chi connectivity index (χ0n) is 28.1. The second kappa shape index (κ2) is 10.1. The molecule has 4 heterocycles. The predicted octanol–water partition coefficient (Wildman–Crippen LogP) is 9.63. The van der Waals surface area contributed by atoms with Crippen molar-refractivity contribution in [2.75, 3.05) is 0 Å². The zero-order chi connectivity index (χ0) is 33.0. The molecule has 0 saturated heterocycles. The van der Waals surface area contributed by atoms with E-state index in [2.05, 4.69) is 166 Å². The van der Waals surface area contributed by atoms with Crippen LogP contribution < -0.4 is 4.74 Å². The summed E-state index contributed by atoms with van der Waals surface area (Å²) in [5.41, 5.74) is 9.49. The van der Waals surface area contributed by atoms with Crippen LogP contribution in [0.2, 0.25) is 0 Å². The molecule has 1 aliphatic rings. The maximum absolute atomic E-state index is 6.60. The smallest absolute Gasteiger partial charge is 0.0582 e. The fourth-order valence-electron chi connectivity index (χ4n) is 7.84. The number of hydrogen-bond acceptors (Lipinski definition) is 3. The molecule has 1 aliphatic carbocycles. The van der Waals surface area contributed by atoms with E-state index in [1.54, 1.807) is 6.20 Å². The van der Waals surface area contributed by atoms with Gasteiger partial charge < -0.3 is 0 Å². The fourth-order valence-corrected chi connectivity index (χ4v) is 8.68. The number of imidazole rings is 1. The molecule has 240 valence electrons. The zero-order valence-corrected chi connectivity index (χ0v) is 30.4. The molecule has 8 rings (SSSR count). The van der Waals surface area contributed by atoms with E-state index in [9.17, 15) is 0 Å². The fraction of sp³-hybridized carbons (Fsp3) is 0.275. The van der Waals surface area contributed by atoms with Crippen molar-refractivity contribution in [3.63, 3.8) is 0 Å². The summed E-state index contributed by atoms with van der Waals surface area (Å²) in [6.45, 7) is 16.6. The van der Waals surface area contributed by atoms with Crippen molar-refractivity contribution in [1.29, 1.82) is 0 Å². The van der Waals surface area contributed by atoms with Crippen LogP contribution in [-0.2, 0) is 37.2 Å². The molecule has 7 heteroatoms. The molecular formula is C40H39N5OPt. The average Bonchev–Trinajstić information content (AvgIpc) is 3.54. The number of rotatable bonds is 4. The van der Waals surface area contributed by atoms with Gasteiger partial charge in [-0.05, 0) is 40.4 Å². The number of fused-ring (bicyclic) bond motifs is 6. The van der Waals surface area contributed by atoms with Crippen molar-refractivity contribution < 1.29 is 24.1 Å². The first kappa shape index (κ1) is 30.1. The number of nitrogens with zero attached hydrogens (tertiary/aromatic N) is 5. The van der Waals surface area contributed by atoms with Crippen molar-refractivity contribution in [2.24, 2.45) is 12.5 Å². The topological polar surface area (TPSA) is 49.8 Å². The van der Waals surface area contributed by atoms with Gasteiger partial charge in [0.2, 0.25) is 0 Å². The molecule has 4 aromatic heterocycles. The van der Waals surface area contributed by atoms with Gasteiger partial charge in [-0.1, -0.05) is 47.6 Å². The number of para-hydroxylation sites is 2. The normalized spacial score (nSPS) is 16.3. The number of ether oxygens (including phenoxy) is 1. The van der Waals surface area contributed by atoms with Crippen molar-refractivity contribution in [3.8, 4) is 23.0 Å². The summed E-state index contributed by atoms with van der Waals surface area (Å²) in [5.74, 6) is 2.35. The number of benzene rings is 3. The third-order valence-electron chi connectivity index (χ3n) is 11.6. The molecule has 0 atom stereocenters. The van der Waals surface area contributed by atoms with E-state index in [1.807, 2.05) is 12.4 Å². The van der Waals surface area contributed by atoms with E-state index < -0.39 is 0 Å². The van der Waals surface area contributed by atoms with Crippen LogP contribution in [0.3, 0.4) is 0 Å². The van der Waals surface area contributed by atoms with Crippen LogP contribution in [0.15, 0.2) is 91.4 Å². The Balaban J connectivity index is 1.33. The Hall–Kier alpha value is -4.28. The van der Waals surface area contributed by atoms with Crippen LogP contribution in [0.4, 0.5) is 0 Å². The molecule has 0 unspecified atom stereocenters. The minimum Gasteiger partial charge on any atom is -0.0582 e. The summed E-state index contributed by atoms with van der Waals surface area (Å²) < 4.78 is 14.5. The van der Waals surface area contributed by atoms with Gasteiger partial charge in [-0.25, -0.2) is 0 Å². The van der Waals surface area contributed by atoms with Gasteiger partial charge in [0.15, 0.2) is 0 Å². The minimum atomic E-state index is -0.0798. The molecular weight excluding hydrogens is 762 g/mol. The molecule has 0 spiro atoms. The van der Waals surface area contributed by atoms with E-state index in [0.29, 0.717) is 5.75 Å². The third-order valence-corrected chi connectivity index (χ3v) is 12.8. The van der Waals surface area contributed by atoms with Crippen molar-refractivity contribution in [1.82, 2.24) is 23.7 Å². The Morgan fingerprint density at radius 2 is 1.47 bits per heavy atom. The SMILES string of the molecule is Cc1ccnc(-n2c3cc(Oc4cncc(-n5[c](=[Pt])n(C)c6ccccc65)c4)ccc3c3ccc4c(c32)C(C)(C)C(C)(C)C4(C)C)c1. The summed E-state index contributed by atoms with van der Waals surface area (Å²) in [4.78, 5) is 9.52. The van der Waals surface area contributed by atoms with Gasteiger partial charge in [0.25, 0.3) is 0 Å². The van der Waals surface area contributed by atoms with Crippen molar-refractivity contribution in [2.45, 2.75) is 59.3 Å². The van der Waals surface area contributed by atoms with Crippen LogP contribution in [0, 0.1) is 16.1 Å². The maximum atomic E-state index is 6.60. The van der Waals surface area contributed by atoms with E-state index in [1.165, 1.54) is 33.0 Å². The molecule has 47 heavy (non-hydrogen) atoms. The molecule has 0 N–H and O–H groups in total. The standard InChI is InChI=1S/C40H39N5O.Pt/c1-25-17-18-42-35(19-25)45-34-21-27(46-28-20-26(22-41-23-28)44-24-43(8)32-11-9-10-12-33(32)44)13-14-29(34)30-15-16-31-36(37(30)45)39(4,5)40(6,7)38(31,2)3;/h9-23H,1-8H3;. The second-order valence-corrected chi connectivity index (χ2v) is 15.6. The van der Waals surface area contributed by atoms with E-state index in [4.69, 9.17) is 9.72 Å². The van der Waals surface area contributed by atoms with Gasteiger partial charge >= 0.3 is 193 Å². The molecule has 0 aliphatic heterocycles.